The van der Waals surface area contributed by atoms with Crippen molar-refractivity contribution in [2.45, 2.75) is 64.5 Å². The van der Waals surface area contributed by atoms with Gasteiger partial charge in [0.1, 0.15) is 12.2 Å². The second kappa shape index (κ2) is 5.68. The van der Waals surface area contributed by atoms with Crippen molar-refractivity contribution in [2.75, 3.05) is 13.2 Å². The smallest absolute Gasteiger partial charge is 0.333 e. The van der Waals surface area contributed by atoms with Crippen molar-refractivity contribution >= 4 is 5.97 Å². The Morgan fingerprint density at radius 2 is 1.52 bits per heavy atom. The summed E-state index contributed by atoms with van der Waals surface area (Å²) in [6, 6.07) is 0. The van der Waals surface area contributed by atoms with Crippen molar-refractivity contribution in [3.05, 3.63) is 12.2 Å². The van der Waals surface area contributed by atoms with Gasteiger partial charge in [0, 0.05) is 5.57 Å². The van der Waals surface area contributed by atoms with E-state index in [-0.39, 0.29) is 0 Å². The van der Waals surface area contributed by atoms with Gasteiger partial charge in [0.05, 0.1) is 13.2 Å². The van der Waals surface area contributed by atoms with Crippen molar-refractivity contribution in [3.8, 4) is 0 Å². The third kappa shape index (κ3) is 4.03. The van der Waals surface area contributed by atoms with Crippen LogP contribution in [0.3, 0.4) is 0 Å². The average molecular weight is 300 g/mol. The molecule has 2 fully saturated rings. The highest BCUT2D eigenvalue weighted by atomic mass is 16.8. The highest BCUT2D eigenvalue weighted by Crippen LogP contribution is 2.32. The quantitative estimate of drug-likeness (QED) is 0.582. The van der Waals surface area contributed by atoms with E-state index in [9.17, 15) is 4.79 Å². The molecule has 2 saturated heterocycles. The minimum atomic E-state index is -0.701. The van der Waals surface area contributed by atoms with E-state index in [1.807, 2.05) is 27.7 Å². The average Bonchev–Trinajstić information content (AvgIpc) is 2.88. The normalized spacial score (nSPS) is 31.9. The summed E-state index contributed by atoms with van der Waals surface area (Å²) in [6.45, 7) is 13.2. The predicted molar refractivity (Wildman–Crippen MR) is 74.5 cm³/mol. The van der Waals surface area contributed by atoms with Crippen LogP contribution in [0.15, 0.2) is 12.2 Å². The first-order chi connectivity index (χ1) is 9.60. The topological polar surface area (TPSA) is 63.2 Å². The van der Waals surface area contributed by atoms with E-state index >= 15 is 0 Å². The Morgan fingerprint density at radius 1 is 1.10 bits per heavy atom. The molecular weight excluding hydrogens is 276 g/mol. The zero-order valence-electron chi connectivity index (χ0n) is 13.3. The fourth-order valence-electron chi connectivity index (χ4n) is 2.37. The molecule has 0 amide bonds. The van der Waals surface area contributed by atoms with E-state index < -0.39 is 35.9 Å². The van der Waals surface area contributed by atoms with Crippen LogP contribution in [0, 0.1) is 0 Å². The fraction of sp³-hybridized carbons (Fsp3) is 0.800. The Labute approximate surface area is 125 Å². The molecule has 0 aliphatic carbocycles. The molecule has 0 spiro atoms. The minimum Gasteiger partial charge on any atom is -0.453 e. The number of carbonyl (C=O) groups is 1. The number of esters is 1. The Morgan fingerprint density at radius 3 is 1.81 bits per heavy atom. The van der Waals surface area contributed by atoms with Crippen LogP contribution in [0.2, 0.25) is 0 Å². The van der Waals surface area contributed by atoms with Crippen molar-refractivity contribution < 1.29 is 28.5 Å². The van der Waals surface area contributed by atoms with Gasteiger partial charge in [-0.25, -0.2) is 4.79 Å². The molecule has 21 heavy (non-hydrogen) atoms. The molecule has 0 N–H and O–H groups in total. The molecule has 2 aliphatic heterocycles. The van der Waals surface area contributed by atoms with Gasteiger partial charge in [0.2, 0.25) is 0 Å². The highest BCUT2D eigenvalue weighted by Gasteiger charge is 2.47. The molecule has 0 aromatic heterocycles. The van der Waals surface area contributed by atoms with E-state index in [0.29, 0.717) is 18.8 Å². The van der Waals surface area contributed by atoms with Crippen molar-refractivity contribution in [1.82, 2.24) is 0 Å². The Kier molecular flexibility index (Phi) is 4.44. The standard InChI is InChI=1S/C15H24O6/c1-9(2)13(16)19-12(10-7-17-14(3,4)20-10)11-8-18-15(5,6)21-11/h10-12H,1,7-8H2,2-6H3. The SMILES string of the molecule is C=C(C)C(=O)OC(C1COC(C)(C)O1)C1COC(C)(C)O1. The first-order valence-electron chi connectivity index (χ1n) is 7.10. The molecule has 0 radical (unpaired) electrons. The summed E-state index contributed by atoms with van der Waals surface area (Å²) < 4.78 is 28.2. The van der Waals surface area contributed by atoms with E-state index in [1.165, 1.54) is 0 Å². The zero-order chi connectivity index (χ0) is 15.8. The van der Waals surface area contributed by atoms with Gasteiger partial charge in [-0.2, -0.15) is 0 Å². The predicted octanol–water partition coefficient (Wildman–Crippen LogP) is 1.78. The van der Waals surface area contributed by atoms with Crippen LogP contribution in [0.1, 0.15) is 34.6 Å². The lowest BCUT2D eigenvalue weighted by molar-refractivity contribution is -0.192. The van der Waals surface area contributed by atoms with Crippen molar-refractivity contribution in [1.29, 1.82) is 0 Å². The Hall–Kier alpha value is -0.950. The number of ether oxygens (including phenoxy) is 5. The molecule has 2 heterocycles. The summed E-state index contributed by atoms with van der Waals surface area (Å²) in [5, 5.41) is 0. The number of rotatable bonds is 4. The van der Waals surface area contributed by atoms with E-state index in [1.54, 1.807) is 6.92 Å². The lowest BCUT2D eigenvalue weighted by Crippen LogP contribution is -2.45. The van der Waals surface area contributed by atoms with Gasteiger partial charge in [-0.05, 0) is 34.6 Å². The molecule has 2 atom stereocenters. The van der Waals surface area contributed by atoms with Crippen LogP contribution < -0.4 is 0 Å². The van der Waals surface area contributed by atoms with Gasteiger partial charge < -0.3 is 23.7 Å². The van der Waals surface area contributed by atoms with Gasteiger partial charge in [0.15, 0.2) is 17.7 Å². The molecule has 0 aromatic carbocycles. The molecule has 2 aliphatic rings. The lowest BCUT2D eigenvalue weighted by Gasteiger charge is -2.28. The Balaban J connectivity index is 2.11. The zero-order valence-corrected chi connectivity index (χ0v) is 13.3. The van der Waals surface area contributed by atoms with Crippen LogP contribution in [0.5, 0.6) is 0 Å². The third-order valence-electron chi connectivity index (χ3n) is 3.39. The van der Waals surface area contributed by atoms with Gasteiger partial charge in [-0.1, -0.05) is 6.58 Å². The van der Waals surface area contributed by atoms with Crippen molar-refractivity contribution in [3.63, 3.8) is 0 Å². The number of carbonyl (C=O) groups excluding carboxylic acids is 1. The van der Waals surface area contributed by atoms with Crippen molar-refractivity contribution in [2.24, 2.45) is 0 Å². The second-order valence-electron chi connectivity index (χ2n) is 6.38. The summed E-state index contributed by atoms with van der Waals surface area (Å²) in [5.74, 6) is -1.87. The highest BCUT2D eigenvalue weighted by molar-refractivity contribution is 5.87. The van der Waals surface area contributed by atoms with Crippen LogP contribution >= 0.6 is 0 Å². The number of hydrogen-bond acceptors (Lipinski definition) is 6. The minimum absolute atomic E-state index is 0.330. The summed E-state index contributed by atoms with van der Waals surface area (Å²) in [7, 11) is 0. The second-order valence-corrected chi connectivity index (χ2v) is 6.38. The van der Waals surface area contributed by atoms with E-state index in [4.69, 9.17) is 23.7 Å². The van der Waals surface area contributed by atoms with Crippen LogP contribution in [0.25, 0.3) is 0 Å². The number of hydrogen-bond donors (Lipinski definition) is 0. The third-order valence-corrected chi connectivity index (χ3v) is 3.39. The van der Waals surface area contributed by atoms with Gasteiger partial charge >= 0.3 is 5.97 Å². The maximum absolute atomic E-state index is 11.9. The fourth-order valence-corrected chi connectivity index (χ4v) is 2.37. The Bertz CT molecular complexity index is 402. The summed E-state index contributed by atoms with van der Waals surface area (Å²) in [5.41, 5.74) is 0.330. The van der Waals surface area contributed by atoms with Crippen LogP contribution in [-0.2, 0) is 28.5 Å². The van der Waals surface area contributed by atoms with E-state index in [0.717, 1.165) is 0 Å². The summed E-state index contributed by atoms with van der Waals surface area (Å²) >= 11 is 0. The molecule has 2 unspecified atom stereocenters. The molecule has 2 rings (SSSR count). The lowest BCUT2D eigenvalue weighted by atomic mass is 10.1. The van der Waals surface area contributed by atoms with Gasteiger partial charge in [-0.15, -0.1) is 0 Å². The summed E-state index contributed by atoms with van der Waals surface area (Å²) in [6.07, 6.45) is -1.39. The largest absolute Gasteiger partial charge is 0.453 e. The molecule has 120 valence electrons. The summed E-state index contributed by atoms with van der Waals surface area (Å²) in [4.78, 5) is 11.9. The monoisotopic (exact) mass is 300 g/mol. The van der Waals surface area contributed by atoms with Crippen LogP contribution in [0.4, 0.5) is 0 Å². The maximum Gasteiger partial charge on any atom is 0.333 e. The van der Waals surface area contributed by atoms with Gasteiger partial charge in [0.25, 0.3) is 0 Å². The van der Waals surface area contributed by atoms with Gasteiger partial charge in [-0.3, -0.25) is 0 Å². The first kappa shape index (κ1) is 16.4. The molecule has 0 aromatic rings. The molecule has 6 nitrogen and oxygen atoms in total. The molecular formula is C15H24O6. The molecule has 6 heteroatoms. The first-order valence-corrected chi connectivity index (χ1v) is 7.10. The maximum atomic E-state index is 11.9. The molecule has 0 bridgehead atoms. The van der Waals surface area contributed by atoms with Crippen LogP contribution in [-0.4, -0.2) is 49.1 Å². The molecule has 0 saturated carbocycles. The van der Waals surface area contributed by atoms with E-state index in [2.05, 4.69) is 6.58 Å².